The van der Waals surface area contributed by atoms with Crippen molar-refractivity contribution in [3.8, 4) is 0 Å². The second-order valence-electron chi connectivity index (χ2n) is 7.43. The van der Waals surface area contributed by atoms with Gasteiger partial charge in [-0.25, -0.2) is 0 Å². The SMILES string of the molecule is O=C(CCCCc1ccc(Br)cc1)NC(Cc1ccccc1)C(=O)NC1CC1. The molecule has 0 bridgehead atoms. The van der Waals surface area contributed by atoms with Gasteiger partial charge in [0.1, 0.15) is 6.04 Å². The molecule has 0 aromatic heterocycles. The van der Waals surface area contributed by atoms with Gasteiger partial charge in [0, 0.05) is 23.4 Å². The summed E-state index contributed by atoms with van der Waals surface area (Å²) in [5.41, 5.74) is 2.32. The first kappa shape index (κ1) is 20.6. The number of hydrogen-bond donors (Lipinski definition) is 2. The largest absolute Gasteiger partial charge is 0.352 e. The third-order valence-electron chi connectivity index (χ3n) is 4.89. The third-order valence-corrected chi connectivity index (χ3v) is 5.42. The van der Waals surface area contributed by atoms with Crippen LogP contribution in [-0.2, 0) is 22.4 Å². The van der Waals surface area contributed by atoms with Gasteiger partial charge in [0.05, 0.1) is 0 Å². The Morgan fingerprint density at radius 2 is 1.68 bits per heavy atom. The summed E-state index contributed by atoms with van der Waals surface area (Å²) in [5.74, 6) is -0.128. The molecule has 148 valence electrons. The number of nitrogens with one attached hydrogen (secondary N) is 2. The van der Waals surface area contributed by atoms with Crippen molar-refractivity contribution in [2.45, 2.75) is 57.0 Å². The minimum absolute atomic E-state index is 0.0531. The second kappa shape index (κ2) is 10.4. The Kier molecular flexibility index (Phi) is 7.66. The highest BCUT2D eigenvalue weighted by molar-refractivity contribution is 9.10. The van der Waals surface area contributed by atoms with E-state index in [1.165, 1.54) is 5.56 Å². The van der Waals surface area contributed by atoms with Crippen LogP contribution < -0.4 is 10.6 Å². The van der Waals surface area contributed by atoms with Crippen molar-refractivity contribution >= 4 is 27.7 Å². The topological polar surface area (TPSA) is 58.2 Å². The van der Waals surface area contributed by atoms with Crippen LogP contribution in [0.15, 0.2) is 59.1 Å². The summed E-state index contributed by atoms with van der Waals surface area (Å²) in [6.45, 7) is 0. The Balaban J connectivity index is 1.45. The number of hydrogen-bond acceptors (Lipinski definition) is 2. The average Bonchev–Trinajstić information content (AvgIpc) is 3.51. The van der Waals surface area contributed by atoms with Crippen LogP contribution in [0.2, 0.25) is 0 Å². The van der Waals surface area contributed by atoms with Gasteiger partial charge in [-0.15, -0.1) is 0 Å². The van der Waals surface area contributed by atoms with Crippen LogP contribution in [0.5, 0.6) is 0 Å². The maximum absolute atomic E-state index is 12.5. The van der Waals surface area contributed by atoms with Crippen molar-refractivity contribution in [1.29, 1.82) is 0 Å². The summed E-state index contributed by atoms with van der Waals surface area (Å²) in [5, 5.41) is 5.96. The highest BCUT2D eigenvalue weighted by atomic mass is 79.9. The molecule has 1 fully saturated rings. The smallest absolute Gasteiger partial charge is 0.243 e. The van der Waals surface area contributed by atoms with Crippen LogP contribution in [0.25, 0.3) is 0 Å². The van der Waals surface area contributed by atoms with Crippen LogP contribution in [0.3, 0.4) is 0 Å². The van der Waals surface area contributed by atoms with Gasteiger partial charge in [-0.1, -0.05) is 58.4 Å². The minimum Gasteiger partial charge on any atom is -0.352 e. The molecule has 0 heterocycles. The number of benzene rings is 2. The molecular weight excluding hydrogens is 416 g/mol. The van der Waals surface area contributed by atoms with Gasteiger partial charge < -0.3 is 10.6 Å². The number of carbonyl (C=O) groups is 2. The number of aryl methyl sites for hydroxylation is 1. The van der Waals surface area contributed by atoms with Crippen LogP contribution in [-0.4, -0.2) is 23.9 Å². The van der Waals surface area contributed by atoms with Crippen molar-refractivity contribution in [2.75, 3.05) is 0 Å². The van der Waals surface area contributed by atoms with Crippen molar-refractivity contribution in [1.82, 2.24) is 10.6 Å². The fourth-order valence-electron chi connectivity index (χ4n) is 3.12. The molecule has 1 aliphatic carbocycles. The number of rotatable bonds is 10. The molecule has 1 unspecified atom stereocenters. The summed E-state index contributed by atoms with van der Waals surface area (Å²) in [4.78, 5) is 25.0. The zero-order valence-corrected chi connectivity index (χ0v) is 17.6. The molecule has 28 heavy (non-hydrogen) atoms. The molecule has 4 nitrogen and oxygen atoms in total. The molecule has 1 atom stereocenters. The molecule has 2 aromatic carbocycles. The predicted octanol–water partition coefficient (Wildman–Crippen LogP) is 4.17. The highest BCUT2D eigenvalue weighted by Crippen LogP contribution is 2.19. The lowest BCUT2D eigenvalue weighted by Gasteiger charge is -2.18. The Morgan fingerprint density at radius 1 is 0.964 bits per heavy atom. The Bertz CT molecular complexity index is 773. The van der Waals surface area contributed by atoms with Crippen molar-refractivity contribution in [3.05, 3.63) is 70.2 Å². The van der Waals surface area contributed by atoms with E-state index >= 15 is 0 Å². The fourth-order valence-corrected chi connectivity index (χ4v) is 3.39. The van der Waals surface area contributed by atoms with E-state index in [0.29, 0.717) is 12.8 Å². The predicted molar refractivity (Wildman–Crippen MR) is 115 cm³/mol. The number of amides is 2. The summed E-state index contributed by atoms with van der Waals surface area (Å²) in [7, 11) is 0. The Morgan fingerprint density at radius 3 is 2.36 bits per heavy atom. The monoisotopic (exact) mass is 442 g/mol. The van der Waals surface area contributed by atoms with E-state index in [-0.39, 0.29) is 17.9 Å². The highest BCUT2D eigenvalue weighted by Gasteiger charge is 2.28. The van der Waals surface area contributed by atoms with E-state index in [1.54, 1.807) is 0 Å². The van der Waals surface area contributed by atoms with Crippen molar-refractivity contribution in [3.63, 3.8) is 0 Å². The maximum Gasteiger partial charge on any atom is 0.243 e. The van der Waals surface area contributed by atoms with E-state index < -0.39 is 6.04 Å². The molecule has 0 spiro atoms. The molecular formula is C23H27BrN2O2. The van der Waals surface area contributed by atoms with Gasteiger partial charge in [-0.05, 0) is 55.4 Å². The van der Waals surface area contributed by atoms with Gasteiger partial charge in [-0.3, -0.25) is 9.59 Å². The van der Waals surface area contributed by atoms with Gasteiger partial charge in [-0.2, -0.15) is 0 Å². The lowest BCUT2D eigenvalue weighted by molar-refractivity contribution is -0.129. The molecule has 2 aromatic rings. The standard InChI is InChI=1S/C23H27BrN2O2/c24-19-12-10-17(11-13-19)6-4-5-9-22(27)26-21(23(28)25-20-14-15-20)16-18-7-2-1-3-8-18/h1-3,7-8,10-13,20-21H,4-6,9,14-16H2,(H,25,28)(H,26,27). The lowest BCUT2D eigenvalue weighted by Crippen LogP contribution is -2.48. The molecule has 0 radical (unpaired) electrons. The first-order chi connectivity index (χ1) is 13.6. The van der Waals surface area contributed by atoms with Crippen LogP contribution >= 0.6 is 15.9 Å². The van der Waals surface area contributed by atoms with Crippen LogP contribution in [0, 0.1) is 0 Å². The number of halogens is 1. The normalized spacial score (nSPS) is 14.3. The summed E-state index contributed by atoms with van der Waals surface area (Å²) < 4.78 is 1.07. The molecule has 0 saturated heterocycles. The number of carbonyl (C=O) groups excluding carboxylic acids is 2. The van der Waals surface area contributed by atoms with Gasteiger partial charge >= 0.3 is 0 Å². The Hall–Kier alpha value is -2.14. The summed E-state index contributed by atoms with van der Waals surface area (Å²) >= 11 is 3.44. The Labute approximate surface area is 175 Å². The quantitative estimate of drug-likeness (QED) is 0.542. The molecule has 5 heteroatoms. The molecule has 1 saturated carbocycles. The first-order valence-electron chi connectivity index (χ1n) is 9.98. The van der Waals surface area contributed by atoms with Crippen LogP contribution in [0.1, 0.15) is 43.2 Å². The van der Waals surface area contributed by atoms with Gasteiger partial charge in [0.2, 0.25) is 11.8 Å². The summed E-state index contributed by atoms with van der Waals surface area (Å²) in [6, 6.07) is 17.9. The zero-order valence-electron chi connectivity index (χ0n) is 16.0. The average molecular weight is 443 g/mol. The van der Waals surface area contributed by atoms with Crippen LogP contribution in [0.4, 0.5) is 0 Å². The van der Waals surface area contributed by atoms with E-state index in [4.69, 9.17) is 0 Å². The van der Waals surface area contributed by atoms with E-state index in [0.717, 1.165) is 42.1 Å². The minimum atomic E-state index is -0.512. The fraction of sp³-hybridized carbons (Fsp3) is 0.391. The molecule has 2 N–H and O–H groups in total. The maximum atomic E-state index is 12.5. The van der Waals surface area contributed by atoms with Gasteiger partial charge in [0.25, 0.3) is 0 Å². The van der Waals surface area contributed by atoms with Crippen molar-refractivity contribution < 1.29 is 9.59 Å². The number of unbranched alkanes of at least 4 members (excludes halogenated alkanes) is 1. The van der Waals surface area contributed by atoms with E-state index in [2.05, 4.69) is 38.7 Å². The molecule has 0 aliphatic heterocycles. The van der Waals surface area contributed by atoms with E-state index in [9.17, 15) is 9.59 Å². The van der Waals surface area contributed by atoms with E-state index in [1.807, 2.05) is 42.5 Å². The zero-order chi connectivity index (χ0) is 19.8. The van der Waals surface area contributed by atoms with Crippen molar-refractivity contribution in [2.24, 2.45) is 0 Å². The second-order valence-corrected chi connectivity index (χ2v) is 8.34. The van der Waals surface area contributed by atoms with Gasteiger partial charge in [0.15, 0.2) is 0 Å². The third kappa shape index (κ3) is 7.12. The molecule has 1 aliphatic rings. The lowest BCUT2D eigenvalue weighted by atomic mass is 10.0. The first-order valence-corrected chi connectivity index (χ1v) is 10.8. The summed E-state index contributed by atoms with van der Waals surface area (Å²) in [6.07, 6.45) is 5.75. The molecule has 2 amide bonds. The molecule has 3 rings (SSSR count).